The zero-order valence-corrected chi connectivity index (χ0v) is 5.94. The van der Waals surface area contributed by atoms with Crippen molar-refractivity contribution in [3.8, 4) is 12.3 Å². The molecule has 0 aliphatic rings. The van der Waals surface area contributed by atoms with Crippen molar-refractivity contribution >= 4 is 0 Å². The number of rotatable bonds is 2. The van der Waals surface area contributed by atoms with Gasteiger partial charge in [0.25, 0.3) is 0 Å². The van der Waals surface area contributed by atoms with Gasteiger partial charge in [0.15, 0.2) is 0 Å². The Labute approximate surface area is 52.3 Å². The third-order valence-electron chi connectivity index (χ3n) is 1.76. The van der Waals surface area contributed by atoms with Gasteiger partial charge in [0.05, 0.1) is 0 Å². The first-order valence-electron chi connectivity index (χ1n) is 3.18. The Kier molecular flexibility index (Phi) is 3.35. The lowest BCUT2D eigenvalue weighted by molar-refractivity contribution is 0.459. The summed E-state index contributed by atoms with van der Waals surface area (Å²) in [5, 5.41) is 0. The van der Waals surface area contributed by atoms with Crippen molar-refractivity contribution in [2.75, 3.05) is 0 Å². The van der Waals surface area contributed by atoms with E-state index >= 15 is 0 Å². The van der Waals surface area contributed by atoms with Crippen LogP contribution in [0.5, 0.6) is 0 Å². The molecule has 0 aromatic rings. The second-order valence-electron chi connectivity index (χ2n) is 2.34. The maximum atomic E-state index is 5.20. The molecule has 0 rings (SSSR count). The maximum absolute atomic E-state index is 5.20. The van der Waals surface area contributed by atoms with Crippen LogP contribution in [0.1, 0.15) is 27.2 Å². The van der Waals surface area contributed by atoms with Crippen molar-refractivity contribution in [3.05, 3.63) is 0 Å². The summed E-state index contributed by atoms with van der Waals surface area (Å²) in [6, 6.07) is 0. The zero-order valence-electron chi connectivity index (χ0n) is 5.94. The highest BCUT2D eigenvalue weighted by atomic mass is 14.1. The van der Waals surface area contributed by atoms with Crippen LogP contribution in [0.3, 0.4) is 0 Å². The lowest BCUT2D eigenvalue weighted by Gasteiger charge is -2.09. The summed E-state index contributed by atoms with van der Waals surface area (Å²) in [5.74, 6) is 3.84. The predicted octanol–water partition coefficient (Wildman–Crippen LogP) is 2.30. The second-order valence-corrected chi connectivity index (χ2v) is 2.34. The summed E-state index contributed by atoms with van der Waals surface area (Å²) in [5.41, 5.74) is 0. The normalized spacial score (nSPS) is 16.8. The lowest BCUT2D eigenvalue weighted by Crippen LogP contribution is -2.02. The van der Waals surface area contributed by atoms with Crippen LogP contribution in [-0.2, 0) is 0 Å². The van der Waals surface area contributed by atoms with Gasteiger partial charge in [-0.15, -0.1) is 12.3 Å². The van der Waals surface area contributed by atoms with Gasteiger partial charge in [-0.1, -0.05) is 27.2 Å². The van der Waals surface area contributed by atoms with Gasteiger partial charge in [-0.3, -0.25) is 0 Å². The quantitative estimate of drug-likeness (QED) is 0.478. The van der Waals surface area contributed by atoms with Gasteiger partial charge in [-0.25, -0.2) is 0 Å². The van der Waals surface area contributed by atoms with E-state index in [1.807, 2.05) is 0 Å². The second kappa shape index (κ2) is 3.55. The Morgan fingerprint density at radius 3 is 2.12 bits per heavy atom. The van der Waals surface area contributed by atoms with Crippen LogP contribution in [0, 0.1) is 24.2 Å². The third kappa shape index (κ3) is 2.02. The smallest absolute Gasteiger partial charge is 0.0197 e. The Morgan fingerprint density at radius 2 is 2.00 bits per heavy atom. The van der Waals surface area contributed by atoms with Gasteiger partial charge in [0, 0.05) is 5.92 Å². The van der Waals surface area contributed by atoms with Gasteiger partial charge < -0.3 is 0 Å². The van der Waals surface area contributed by atoms with E-state index in [0.717, 1.165) is 0 Å². The molecule has 8 heavy (non-hydrogen) atoms. The van der Waals surface area contributed by atoms with Crippen LogP contribution in [0.4, 0.5) is 0 Å². The molecule has 2 atom stereocenters. The monoisotopic (exact) mass is 110 g/mol. The van der Waals surface area contributed by atoms with E-state index in [4.69, 9.17) is 6.42 Å². The molecule has 2 unspecified atom stereocenters. The first-order valence-corrected chi connectivity index (χ1v) is 3.18. The van der Waals surface area contributed by atoms with E-state index in [2.05, 4.69) is 26.7 Å². The SMILES string of the molecule is C#CC(C)C(C)CC. The van der Waals surface area contributed by atoms with Gasteiger partial charge in [0.1, 0.15) is 0 Å². The summed E-state index contributed by atoms with van der Waals surface area (Å²) >= 11 is 0. The highest BCUT2D eigenvalue weighted by Crippen LogP contribution is 2.11. The van der Waals surface area contributed by atoms with Crippen molar-refractivity contribution in [2.45, 2.75) is 27.2 Å². The third-order valence-corrected chi connectivity index (χ3v) is 1.76. The molecule has 0 heteroatoms. The molecule has 0 radical (unpaired) electrons. The van der Waals surface area contributed by atoms with E-state index < -0.39 is 0 Å². The molecule has 0 aliphatic carbocycles. The van der Waals surface area contributed by atoms with E-state index in [0.29, 0.717) is 11.8 Å². The van der Waals surface area contributed by atoms with Gasteiger partial charge in [-0.05, 0) is 5.92 Å². The summed E-state index contributed by atoms with van der Waals surface area (Å²) < 4.78 is 0. The molecule has 0 heterocycles. The van der Waals surface area contributed by atoms with E-state index in [9.17, 15) is 0 Å². The molecule has 0 bridgehead atoms. The van der Waals surface area contributed by atoms with Gasteiger partial charge in [0.2, 0.25) is 0 Å². The minimum atomic E-state index is 0.444. The molecule has 0 aromatic carbocycles. The highest BCUT2D eigenvalue weighted by Gasteiger charge is 2.04. The van der Waals surface area contributed by atoms with Gasteiger partial charge >= 0.3 is 0 Å². The zero-order chi connectivity index (χ0) is 6.57. The fraction of sp³-hybridized carbons (Fsp3) is 0.750. The molecule has 0 saturated carbocycles. The van der Waals surface area contributed by atoms with Gasteiger partial charge in [-0.2, -0.15) is 0 Å². The summed E-state index contributed by atoms with van der Waals surface area (Å²) in [7, 11) is 0. The van der Waals surface area contributed by atoms with Crippen LogP contribution < -0.4 is 0 Å². The Hall–Kier alpha value is -0.440. The van der Waals surface area contributed by atoms with Crippen LogP contribution in [-0.4, -0.2) is 0 Å². The fourth-order valence-electron chi connectivity index (χ4n) is 0.518. The minimum absolute atomic E-state index is 0.444. The van der Waals surface area contributed by atoms with Crippen LogP contribution >= 0.6 is 0 Å². The van der Waals surface area contributed by atoms with Crippen molar-refractivity contribution in [1.29, 1.82) is 0 Å². The van der Waals surface area contributed by atoms with Crippen molar-refractivity contribution in [2.24, 2.45) is 11.8 Å². The molecular formula is C8H14. The number of terminal acetylenes is 1. The van der Waals surface area contributed by atoms with E-state index in [-0.39, 0.29) is 0 Å². The molecule has 0 aromatic heterocycles. The average Bonchev–Trinajstić information content (AvgIpc) is 1.84. The molecule has 0 saturated heterocycles. The molecule has 0 nitrogen and oxygen atoms in total. The molecule has 0 spiro atoms. The standard InChI is InChI=1S/C8H14/c1-5-7(3)8(4)6-2/h1,7-8H,6H2,2-4H3. The summed E-state index contributed by atoms with van der Waals surface area (Å²) in [6.07, 6.45) is 6.38. The number of hydrogen-bond donors (Lipinski definition) is 0. The van der Waals surface area contributed by atoms with Crippen LogP contribution in [0.15, 0.2) is 0 Å². The Bertz CT molecular complexity index is 86.7. The molecule has 0 fully saturated rings. The lowest BCUT2D eigenvalue weighted by atomic mass is 9.95. The van der Waals surface area contributed by atoms with Crippen LogP contribution in [0.2, 0.25) is 0 Å². The molecule has 0 N–H and O–H groups in total. The minimum Gasteiger partial charge on any atom is -0.120 e. The average molecular weight is 110 g/mol. The predicted molar refractivity (Wildman–Crippen MR) is 37.5 cm³/mol. The first-order chi connectivity index (χ1) is 3.72. The summed E-state index contributed by atoms with van der Waals surface area (Å²) in [6.45, 7) is 6.44. The highest BCUT2D eigenvalue weighted by molar-refractivity contribution is 4.92. The van der Waals surface area contributed by atoms with Crippen molar-refractivity contribution in [3.63, 3.8) is 0 Å². The van der Waals surface area contributed by atoms with Crippen molar-refractivity contribution < 1.29 is 0 Å². The first kappa shape index (κ1) is 7.56. The van der Waals surface area contributed by atoms with E-state index in [1.165, 1.54) is 6.42 Å². The fourth-order valence-corrected chi connectivity index (χ4v) is 0.518. The number of hydrogen-bond acceptors (Lipinski definition) is 0. The van der Waals surface area contributed by atoms with Crippen LogP contribution in [0.25, 0.3) is 0 Å². The molecular weight excluding hydrogens is 96.1 g/mol. The molecule has 0 aliphatic heterocycles. The summed E-state index contributed by atoms with van der Waals surface area (Å²) in [4.78, 5) is 0. The maximum Gasteiger partial charge on any atom is 0.0197 e. The van der Waals surface area contributed by atoms with E-state index in [1.54, 1.807) is 0 Å². The largest absolute Gasteiger partial charge is 0.120 e. The molecule has 0 amide bonds. The molecule has 46 valence electrons. The van der Waals surface area contributed by atoms with Crippen molar-refractivity contribution in [1.82, 2.24) is 0 Å². The topological polar surface area (TPSA) is 0 Å². The Balaban J connectivity index is 3.49. The Morgan fingerprint density at radius 1 is 1.50 bits per heavy atom.